The van der Waals surface area contributed by atoms with E-state index in [1.165, 1.54) is 0 Å². The third-order valence-electron chi connectivity index (χ3n) is 2.19. The van der Waals surface area contributed by atoms with Gasteiger partial charge in [0.1, 0.15) is 11.5 Å². The van der Waals surface area contributed by atoms with Gasteiger partial charge in [0, 0.05) is 11.8 Å². The molecule has 0 bridgehead atoms. The van der Waals surface area contributed by atoms with Gasteiger partial charge in [-0.1, -0.05) is 30.9 Å². The molecule has 0 fully saturated rings. The molecule has 1 aliphatic rings. The smallest absolute Gasteiger partial charge is 0.130 e. The Balaban J connectivity index is 2.40. The standard InChI is InChI=1S/C13H13NO/c1-10-9-12(14)7-4-6-11-5-2-3-8-13(11)15-10/h2-5,7-9H,1,6,14H2/b7-4-,12-9+. The van der Waals surface area contributed by atoms with Crippen molar-refractivity contribution < 1.29 is 4.74 Å². The average molecular weight is 199 g/mol. The number of fused-ring (bicyclic) bond motifs is 1. The third-order valence-corrected chi connectivity index (χ3v) is 2.19. The maximum Gasteiger partial charge on any atom is 0.130 e. The van der Waals surface area contributed by atoms with Crippen molar-refractivity contribution in [2.75, 3.05) is 0 Å². The molecule has 1 aromatic carbocycles. The first-order valence-electron chi connectivity index (χ1n) is 4.84. The number of hydrogen-bond acceptors (Lipinski definition) is 2. The van der Waals surface area contributed by atoms with E-state index in [4.69, 9.17) is 10.5 Å². The zero-order chi connectivity index (χ0) is 10.7. The largest absolute Gasteiger partial charge is 0.458 e. The summed E-state index contributed by atoms with van der Waals surface area (Å²) < 4.78 is 5.60. The normalized spacial score (nSPS) is 21.1. The number of para-hydroxylation sites is 1. The quantitative estimate of drug-likeness (QED) is 0.696. The topological polar surface area (TPSA) is 35.2 Å². The van der Waals surface area contributed by atoms with Crippen LogP contribution in [0, 0.1) is 0 Å². The first kappa shape index (κ1) is 9.59. The molecule has 0 saturated heterocycles. The number of hydrogen-bond donors (Lipinski definition) is 1. The van der Waals surface area contributed by atoms with Crippen LogP contribution in [-0.2, 0) is 6.42 Å². The monoisotopic (exact) mass is 199 g/mol. The van der Waals surface area contributed by atoms with E-state index in [2.05, 4.69) is 6.58 Å². The Morgan fingerprint density at radius 1 is 1.27 bits per heavy atom. The van der Waals surface area contributed by atoms with Crippen LogP contribution in [0.2, 0.25) is 0 Å². The summed E-state index contributed by atoms with van der Waals surface area (Å²) >= 11 is 0. The predicted molar refractivity (Wildman–Crippen MR) is 61.3 cm³/mol. The lowest BCUT2D eigenvalue weighted by Crippen LogP contribution is -1.97. The minimum atomic E-state index is 0.562. The molecule has 15 heavy (non-hydrogen) atoms. The molecule has 1 aliphatic heterocycles. The molecule has 0 aliphatic carbocycles. The second-order valence-electron chi connectivity index (χ2n) is 3.43. The van der Waals surface area contributed by atoms with E-state index in [-0.39, 0.29) is 0 Å². The van der Waals surface area contributed by atoms with Gasteiger partial charge in [-0.15, -0.1) is 0 Å². The van der Waals surface area contributed by atoms with Crippen LogP contribution in [0.1, 0.15) is 5.56 Å². The molecule has 2 N–H and O–H groups in total. The minimum absolute atomic E-state index is 0.562. The highest BCUT2D eigenvalue weighted by Crippen LogP contribution is 2.22. The Kier molecular flexibility index (Phi) is 2.59. The van der Waals surface area contributed by atoms with Crippen molar-refractivity contribution in [2.24, 2.45) is 5.73 Å². The van der Waals surface area contributed by atoms with Crippen molar-refractivity contribution in [3.63, 3.8) is 0 Å². The molecule has 2 rings (SSSR count). The van der Waals surface area contributed by atoms with Crippen LogP contribution in [0.3, 0.4) is 0 Å². The molecule has 1 aromatic rings. The second kappa shape index (κ2) is 4.05. The van der Waals surface area contributed by atoms with Gasteiger partial charge >= 0.3 is 0 Å². The van der Waals surface area contributed by atoms with Gasteiger partial charge in [-0.25, -0.2) is 0 Å². The van der Waals surface area contributed by atoms with Gasteiger partial charge < -0.3 is 10.5 Å². The van der Waals surface area contributed by atoms with Crippen molar-refractivity contribution in [3.05, 3.63) is 66.1 Å². The highest BCUT2D eigenvalue weighted by molar-refractivity contribution is 5.39. The lowest BCUT2D eigenvalue weighted by atomic mass is 10.1. The van der Waals surface area contributed by atoms with Crippen LogP contribution in [0.25, 0.3) is 0 Å². The van der Waals surface area contributed by atoms with Crippen molar-refractivity contribution >= 4 is 0 Å². The van der Waals surface area contributed by atoms with Crippen molar-refractivity contribution in [3.8, 4) is 5.75 Å². The molecule has 2 nitrogen and oxygen atoms in total. The van der Waals surface area contributed by atoms with Crippen LogP contribution in [-0.4, -0.2) is 0 Å². The van der Waals surface area contributed by atoms with Crippen molar-refractivity contribution in [2.45, 2.75) is 6.42 Å². The molecule has 0 saturated carbocycles. The maximum atomic E-state index is 5.73. The van der Waals surface area contributed by atoms with E-state index >= 15 is 0 Å². The highest BCUT2D eigenvalue weighted by atomic mass is 16.5. The summed E-state index contributed by atoms with van der Waals surface area (Å²) in [5, 5.41) is 0. The molecule has 0 atom stereocenters. The van der Waals surface area contributed by atoms with Crippen LogP contribution in [0.15, 0.2) is 60.5 Å². The number of ether oxygens (including phenoxy) is 1. The Labute approximate surface area is 89.4 Å². The summed E-state index contributed by atoms with van der Waals surface area (Å²) in [7, 11) is 0. The molecule has 76 valence electrons. The number of rotatable bonds is 0. The predicted octanol–water partition coefficient (Wildman–Crippen LogP) is 2.53. The maximum absolute atomic E-state index is 5.73. The number of allylic oxidation sites excluding steroid dienone is 3. The van der Waals surface area contributed by atoms with Gasteiger partial charge in [-0.3, -0.25) is 0 Å². The van der Waals surface area contributed by atoms with Gasteiger partial charge in [-0.05, 0) is 24.1 Å². The minimum Gasteiger partial charge on any atom is -0.458 e. The molecule has 2 heteroatoms. The molecule has 0 unspecified atom stereocenters. The van der Waals surface area contributed by atoms with Crippen LogP contribution < -0.4 is 10.5 Å². The first-order chi connectivity index (χ1) is 7.25. The fraction of sp³-hybridized carbons (Fsp3) is 0.0769. The molecule has 0 radical (unpaired) electrons. The molecular weight excluding hydrogens is 186 g/mol. The molecule has 0 amide bonds. The molecular formula is C13H13NO. The zero-order valence-corrected chi connectivity index (χ0v) is 8.44. The number of nitrogens with two attached hydrogens (primary N) is 1. The van der Waals surface area contributed by atoms with Crippen LogP contribution in [0.4, 0.5) is 0 Å². The second-order valence-corrected chi connectivity index (χ2v) is 3.43. The molecule has 0 aromatic heterocycles. The van der Waals surface area contributed by atoms with E-state index in [1.54, 1.807) is 6.08 Å². The number of benzene rings is 1. The van der Waals surface area contributed by atoms with Gasteiger partial charge in [0.05, 0.1) is 0 Å². The van der Waals surface area contributed by atoms with E-state index in [0.717, 1.165) is 17.7 Å². The lowest BCUT2D eigenvalue weighted by Gasteiger charge is -2.08. The van der Waals surface area contributed by atoms with Crippen LogP contribution in [0.5, 0.6) is 5.75 Å². The van der Waals surface area contributed by atoms with E-state index in [9.17, 15) is 0 Å². The summed E-state index contributed by atoms with van der Waals surface area (Å²) in [5.41, 5.74) is 7.53. The zero-order valence-electron chi connectivity index (χ0n) is 8.44. The summed E-state index contributed by atoms with van der Waals surface area (Å²) in [4.78, 5) is 0. The summed E-state index contributed by atoms with van der Waals surface area (Å²) in [5.74, 6) is 1.41. The van der Waals surface area contributed by atoms with Gasteiger partial charge in [0.2, 0.25) is 0 Å². The highest BCUT2D eigenvalue weighted by Gasteiger charge is 2.04. The van der Waals surface area contributed by atoms with E-state index in [1.807, 2.05) is 36.4 Å². The summed E-state index contributed by atoms with van der Waals surface area (Å²) in [6.07, 6.45) is 6.43. The average Bonchev–Trinajstić information content (AvgIpc) is 2.25. The van der Waals surface area contributed by atoms with E-state index in [0.29, 0.717) is 11.5 Å². The Morgan fingerprint density at radius 3 is 2.93 bits per heavy atom. The Morgan fingerprint density at radius 2 is 2.07 bits per heavy atom. The summed E-state index contributed by atoms with van der Waals surface area (Å²) in [6, 6.07) is 7.91. The van der Waals surface area contributed by atoms with Gasteiger partial charge in [0.25, 0.3) is 0 Å². The van der Waals surface area contributed by atoms with Crippen molar-refractivity contribution in [1.29, 1.82) is 0 Å². The Hall–Kier alpha value is -1.96. The Bertz CT molecular complexity index is 444. The summed E-state index contributed by atoms with van der Waals surface area (Å²) in [6.45, 7) is 3.79. The third kappa shape index (κ3) is 2.29. The first-order valence-corrected chi connectivity index (χ1v) is 4.84. The lowest BCUT2D eigenvalue weighted by molar-refractivity contribution is 0.442. The van der Waals surface area contributed by atoms with E-state index < -0.39 is 0 Å². The van der Waals surface area contributed by atoms with Gasteiger partial charge in [-0.2, -0.15) is 0 Å². The van der Waals surface area contributed by atoms with Crippen LogP contribution >= 0.6 is 0 Å². The van der Waals surface area contributed by atoms with Gasteiger partial charge in [0.15, 0.2) is 0 Å². The SMILES string of the molecule is C=C1/C=C(N)\C=C/Cc2ccccc2O1. The molecule has 1 heterocycles. The van der Waals surface area contributed by atoms with Crippen molar-refractivity contribution in [1.82, 2.24) is 0 Å². The fourth-order valence-electron chi connectivity index (χ4n) is 1.50. The fourth-order valence-corrected chi connectivity index (χ4v) is 1.50. The molecule has 0 spiro atoms.